The predicted molar refractivity (Wildman–Crippen MR) is 86.9 cm³/mol. The van der Waals surface area contributed by atoms with Crippen LogP contribution in [0.5, 0.6) is 0 Å². The van der Waals surface area contributed by atoms with Crippen LogP contribution in [0.4, 0.5) is 4.79 Å². The van der Waals surface area contributed by atoms with Crippen molar-refractivity contribution in [1.82, 2.24) is 14.8 Å². The first-order valence-electron chi connectivity index (χ1n) is 8.49. The number of rotatable bonds is 4. The molecule has 2 fully saturated rings. The van der Waals surface area contributed by atoms with Crippen molar-refractivity contribution in [3.63, 3.8) is 0 Å². The fraction of sp³-hybridized carbons (Fsp3) is 0.500. The van der Waals surface area contributed by atoms with E-state index in [2.05, 4.69) is 17.1 Å². The van der Waals surface area contributed by atoms with Gasteiger partial charge in [-0.3, -0.25) is 14.7 Å². The Labute approximate surface area is 141 Å². The third kappa shape index (κ3) is 2.94. The summed E-state index contributed by atoms with van der Waals surface area (Å²) in [6, 6.07) is 3.61. The second kappa shape index (κ2) is 6.36. The minimum Gasteiger partial charge on any atom is -0.374 e. The maximum absolute atomic E-state index is 12.8. The van der Waals surface area contributed by atoms with Gasteiger partial charge in [-0.25, -0.2) is 4.79 Å². The van der Waals surface area contributed by atoms with Crippen LogP contribution in [-0.4, -0.2) is 52.5 Å². The van der Waals surface area contributed by atoms with Crippen LogP contribution in [0, 0.1) is 11.8 Å². The number of ether oxygens (including phenoxy) is 1. The van der Waals surface area contributed by atoms with Crippen LogP contribution in [0.1, 0.15) is 18.4 Å². The van der Waals surface area contributed by atoms with E-state index in [1.807, 2.05) is 12.1 Å². The zero-order valence-corrected chi connectivity index (χ0v) is 13.5. The topological polar surface area (TPSA) is 62.7 Å². The average Bonchev–Trinajstić information content (AvgIpc) is 2.99. The van der Waals surface area contributed by atoms with Crippen molar-refractivity contribution in [2.75, 3.05) is 19.7 Å². The van der Waals surface area contributed by atoms with E-state index >= 15 is 0 Å². The molecule has 2 bridgehead atoms. The molecule has 3 atom stereocenters. The molecule has 6 heteroatoms. The molecule has 2 saturated heterocycles. The van der Waals surface area contributed by atoms with Crippen molar-refractivity contribution in [1.29, 1.82) is 0 Å². The lowest BCUT2D eigenvalue weighted by Crippen LogP contribution is -2.53. The Morgan fingerprint density at radius 3 is 3.04 bits per heavy atom. The highest BCUT2D eigenvalue weighted by Gasteiger charge is 2.38. The fourth-order valence-electron chi connectivity index (χ4n) is 3.74. The van der Waals surface area contributed by atoms with Crippen molar-refractivity contribution in [3.8, 4) is 0 Å². The normalized spacial score (nSPS) is 29.4. The fourth-order valence-corrected chi connectivity index (χ4v) is 3.74. The van der Waals surface area contributed by atoms with Crippen LogP contribution in [0.3, 0.4) is 0 Å². The Morgan fingerprint density at radius 1 is 1.29 bits per heavy atom. The molecule has 1 aromatic heterocycles. The number of hydrogen-bond acceptors (Lipinski definition) is 4. The summed E-state index contributed by atoms with van der Waals surface area (Å²) in [6.07, 6.45) is 9.26. The lowest BCUT2D eigenvalue weighted by atomic mass is 9.85. The van der Waals surface area contributed by atoms with E-state index < -0.39 is 0 Å². The lowest BCUT2D eigenvalue weighted by Gasteiger charge is -2.36. The number of pyridine rings is 1. The Bertz CT molecular complexity index is 661. The molecule has 3 amide bonds. The molecule has 0 N–H and O–H groups in total. The van der Waals surface area contributed by atoms with Gasteiger partial charge in [0, 0.05) is 44.4 Å². The van der Waals surface area contributed by atoms with Crippen molar-refractivity contribution >= 4 is 11.9 Å². The predicted octanol–water partition coefficient (Wildman–Crippen LogP) is 1.83. The summed E-state index contributed by atoms with van der Waals surface area (Å²) in [5.74, 6) is 0.543. The molecule has 3 aliphatic rings. The largest absolute Gasteiger partial charge is 0.374 e. The molecule has 0 radical (unpaired) electrons. The van der Waals surface area contributed by atoms with Crippen LogP contribution in [0.2, 0.25) is 0 Å². The molecule has 0 unspecified atom stereocenters. The van der Waals surface area contributed by atoms with Gasteiger partial charge in [-0.15, -0.1) is 0 Å². The molecule has 24 heavy (non-hydrogen) atoms. The summed E-state index contributed by atoms with van der Waals surface area (Å²) in [4.78, 5) is 32.3. The lowest BCUT2D eigenvalue weighted by molar-refractivity contribution is -0.131. The van der Waals surface area contributed by atoms with Gasteiger partial charge < -0.3 is 9.64 Å². The molecule has 6 nitrogen and oxygen atoms in total. The highest BCUT2D eigenvalue weighted by atomic mass is 16.5. The van der Waals surface area contributed by atoms with Crippen molar-refractivity contribution in [3.05, 3.63) is 42.2 Å². The summed E-state index contributed by atoms with van der Waals surface area (Å²) < 4.78 is 5.66. The molecule has 2 aliphatic heterocycles. The standard InChI is InChI=1S/C18H21N3O3/c22-17-5-7-20(10-13-2-1-6-19-9-13)18(23)21(17)11-14-3-4-16-8-15(14)12-24-16/h1-4,6,9,14-16H,5,7-8,10-12H2/t14-,15+,16-/m0/s1. The number of amides is 3. The second-order valence-corrected chi connectivity index (χ2v) is 6.74. The second-order valence-electron chi connectivity index (χ2n) is 6.74. The van der Waals surface area contributed by atoms with E-state index in [4.69, 9.17) is 4.74 Å². The molecule has 1 aromatic rings. The molecule has 1 aliphatic carbocycles. The zero-order valence-electron chi connectivity index (χ0n) is 13.5. The first kappa shape index (κ1) is 15.3. The van der Waals surface area contributed by atoms with Crippen LogP contribution < -0.4 is 0 Å². The van der Waals surface area contributed by atoms with Crippen molar-refractivity contribution in [2.45, 2.75) is 25.5 Å². The number of carbonyl (C=O) groups is 2. The van der Waals surface area contributed by atoms with Crippen molar-refractivity contribution in [2.24, 2.45) is 11.8 Å². The summed E-state index contributed by atoms with van der Waals surface area (Å²) in [5.41, 5.74) is 0.977. The molecule has 0 aromatic carbocycles. The molecule has 3 heterocycles. The van der Waals surface area contributed by atoms with E-state index in [-0.39, 0.29) is 24.0 Å². The maximum Gasteiger partial charge on any atom is 0.327 e. The molecule has 0 saturated carbocycles. The first-order chi connectivity index (χ1) is 11.7. The quantitative estimate of drug-likeness (QED) is 0.792. The third-order valence-electron chi connectivity index (χ3n) is 5.13. The van der Waals surface area contributed by atoms with E-state index in [9.17, 15) is 9.59 Å². The maximum atomic E-state index is 12.8. The van der Waals surface area contributed by atoms with E-state index in [1.165, 1.54) is 4.90 Å². The minimum absolute atomic E-state index is 0.0723. The molecule has 126 valence electrons. The van der Waals surface area contributed by atoms with Gasteiger partial charge in [0.1, 0.15) is 0 Å². The smallest absolute Gasteiger partial charge is 0.327 e. The number of nitrogens with zero attached hydrogens (tertiary/aromatic N) is 3. The highest BCUT2D eigenvalue weighted by Crippen LogP contribution is 2.34. The first-order valence-corrected chi connectivity index (χ1v) is 8.49. The van der Waals surface area contributed by atoms with Gasteiger partial charge in [0.05, 0.1) is 12.7 Å². The molecular formula is C18H21N3O3. The van der Waals surface area contributed by atoms with E-state index in [1.54, 1.807) is 17.3 Å². The summed E-state index contributed by atoms with van der Waals surface area (Å²) in [7, 11) is 0. The van der Waals surface area contributed by atoms with E-state index in [0.29, 0.717) is 32.0 Å². The van der Waals surface area contributed by atoms with Gasteiger partial charge in [-0.2, -0.15) is 0 Å². The monoisotopic (exact) mass is 327 g/mol. The van der Waals surface area contributed by atoms with E-state index in [0.717, 1.165) is 18.6 Å². The Hall–Kier alpha value is -2.21. The highest BCUT2D eigenvalue weighted by molar-refractivity contribution is 5.96. The Kier molecular flexibility index (Phi) is 4.06. The number of carbonyl (C=O) groups excluding carboxylic acids is 2. The van der Waals surface area contributed by atoms with Gasteiger partial charge in [0.2, 0.25) is 5.91 Å². The van der Waals surface area contributed by atoms with Gasteiger partial charge in [-0.05, 0) is 24.0 Å². The van der Waals surface area contributed by atoms with Crippen LogP contribution in [-0.2, 0) is 16.1 Å². The zero-order chi connectivity index (χ0) is 16.5. The summed E-state index contributed by atoms with van der Waals surface area (Å²) in [6.45, 7) is 2.14. The number of hydrogen-bond donors (Lipinski definition) is 0. The van der Waals surface area contributed by atoms with Gasteiger partial charge >= 0.3 is 6.03 Å². The van der Waals surface area contributed by atoms with Gasteiger partial charge in [-0.1, -0.05) is 18.2 Å². The molecular weight excluding hydrogens is 306 g/mol. The van der Waals surface area contributed by atoms with Crippen molar-refractivity contribution < 1.29 is 14.3 Å². The van der Waals surface area contributed by atoms with Crippen LogP contribution in [0.25, 0.3) is 0 Å². The molecule has 4 rings (SSSR count). The average molecular weight is 327 g/mol. The van der Waals surface area contributed by atoms with Gasteiger partial charge in [0.15, 0.2) is 0 Å². The molecule has 0 spiro atoms. The summed E-state index contributed by atoms with van der Waals surface area (Å²) >= 11 is 0. The Balaban J connectivity index is 1.45. The summed E-state index contributed by atoms with van der Waals surface area (Å²) in [5, 5.41) is 0. The van der Waals surface area contributed by atoms with Crippen LogP contribution >= 0.6 is 0 Å². The SMILES string of the molecule is O=C1CCN(Cc2cccnc2)C(=O)N1C[C@@H]1C=C[C@H]2C[C@@H]1CO2. The minimum atomic E-state index is -0.190. The number of aromatic nitrogens is 1. The number of fused-ring (bicyclic) bond motifs is 2. The number of urea groups is 1. The Morgan fingerprint density at radius 2 is 2.21 bits per heavy atom. The number of imide groups is 1. The van der Waals surface area contributed by atoms with Crippen LogP contribution in [0.15, 0.2) is 36.7 Å². The third-order valence-corrected chi connectivity index (χ3v) is 5.13. The van der Waals surface area contributed by atoms with Gasteiger partial charge in [0.25, 0.3) is 0 Å².